The molecule has 29 heavy (non-hydrogen) atoms. The van der Waals surface area contributed by atoms with E-state index >= 15 is 0 Å². The Balaban J connectivity index is 1.76. The molecule has 0 fully saturated rings. The first-order chi connectivity index (χ1) is 14.3. The molecule has 2 aromatic rings. The molecule has 3 rings (SSSR count). The van der Waals surface area contributed by atoms with Gasteiger partial charge in [0.05, 0.1) is 6.04 Å². The monoisotopic (exact) mass is 392 g/mol. The van der Waals surface area contributed by atoms with Crippen LogP contribution < -0.4 is 9.80 Å². The predicted octanol–water partition coefficient (Wildman–Crippen LogP) is 7.08. The first-order valence-electron chi connectivity index (χ1n) is 12.0. The molecule has 0 spiro atoms. The van der Waals surface area contributed by atoms with Crippen molar-refractivity contribution in [3.8, 4) is 0 Å². The van der Waals surface area contributed by atoms with Crippen LogP contribution in [0.15, 0.2) is 54.6 Å². The van der Waals surface area contributed by atoms with E-state index < -0.39 is 0 Å². The summed E-state index contributed by atoms with van der Waals surface area (Å²) in [7, 11) is 0. The lowest BCUT2D eigenvalue weighted by Gasteiger charge is -2.42. The van der Waals surface area contributed by atoms with Crippen molar-refractivity contribution in [2.45, 2.75) is 77.7 Å². The second kappa shape index (κ2) is 11.9. The Morgan fingerprint density at radius 1 is 0.793 bits per heavy atom. The third-order valence-electron chi connectivity index (χ3n) is 6.28. The van der Waals surface area contributed by atoms with Crippen molar-refractivity contribution in [1.29, 1.82) is 0 Å². The van der Waals surface area contributed by atoms with Crippen LogP contribution in [0, 0.1) is 0 Å². The van der Waals surface area contributed by atoms with Crippen molar-refractivity contribution in [2.24, 2.45) is 0 Å². The highest BCUT2D eigenvalue weighted by atomic mass is 15.2. The fraction of sp³-hybridized carbons (Fsp3) is 0.556. The molecule has 1 heterocycles. The fourth-order valence-corrected chi connectivity index (χ4v) is 4.66. The van der Waals surface area contributed by atoms with E-state index in [0.717, 1.165) is 13.0 Å². The summed E-state index contributed by atoms with van der Waals surface area (Å²) < 4.78 is 0. The number of para-hydroxylation sites is 2. The van der Waals surface area contributed by atoms with Crippen LogP contribution in [0.5, 0.6) is 0 Å². The highest BCUT2D eigenvalue weighted by Crippen LogP contribution is 2.31. The van der Waals surface area contributed by atoms with E-state index in [4.69, 9.17) is 0 Å². The normalized spacial score (nSPS) is 15.9. The molecule has 0 amide bonds. The van der Waals surface area contributed by atoms with Crippen LogP contribution in [0.3, 0.4) is 0 Å². The van der Waals surface area contributed by atoms with Gasteiger partial charge in [-0.05, 0) is 43.0 Å². The molecule has 2 aromatic carbocycles. The van der Waals surface area contributed by atoms with Gasteiger partial charge in [-0.2, -0.15) is 0 Å². The molecule has 2 nitrogen and oxygen atoms in total. The summed E-state index contributed by atoms with van der Waals surface area (Å²) in [6, 6.07) is 20.8. The summed E-state index contributed by atoms with van der Waals surface area (Å²) in [5.74, 6) is 0. The molecule has 0 aromatic heterocycles. The van der Waals surface area contributed by atoms with Crippen LogP contribution in [0.2, 0.25) is 0 Å². The standard InChI is InChI=1S/C27H40N2/c1-3-5-7-14-20-28-23-26(22-24-16-12-13-19-27(24)28)29(21-15-8-6-4-2)25-17-10-9-11-18-25/h9-13,16-19,26H,3-8,14-15,20-23H2,1-2H3. The summed E-state index contributed by atoms with van der Waals surface area (Å²) >= 11 is 0. The van der Waals surface area contributed by atoms with Gasteiger partial charge in [0.1, 0.15) is 0 Å². The lowest BCUT2D eigenvalue weighted by molar-refractivity contribution is 0.519. The number of benzene rings is 2. The Bertz CT molecular complexity index is 697. The summed E-state index contributed by atoms with van der Waals surface area (Å²) in [6.45, 7) is 8.09. The van der Waals surface area contributed by atoms with E-state index in [1.807, 2.05) is 0 Å². The summed E-state index contributed by atoms with van der Waals surface area (Å²) in [5.41, 5.74) is 4.38. The number of hydrogen-bond acceptors (Lipinski definition) is 2. The minimum atomic E-state index is 0.556. The molecule has 1 aliphatic rings. The Morgan fingerprint density at radius 3 is 2.24 bits per heavy atom. The van der Waals surface area contributed by atoms with Gasteiger partial charge < -0.3 is 9.80 Å². The van der Waals surface area contributed by atoms with E-state index in [-0.39, 0.29) is 0 Å². The average molecular weight is 393 g/mol. The molecule has 158 valence electrons. The van der Waals surface area contributed by atoms with Gasteiger partial charge in [-0.25, -0.2) is 0 Å². The third kappa shape index (κ3) is 6.26. The van der Waals surface area contributed by atoms with Crippen molar-refractivity contribution in [2.75, 3.05) is 29.4 Å². The van der Waals surface area contributed by atoms with Crippen LogP contribution in [0.4, 0.5) is 11.4 Å². The van der Waals surface area contributed by atoms with Crippen LogP contribution in [0.1, 0.15) is 70.8 Å². The maximum absolute atomic E-state index is 2.70. The Labute approximate surface area is 178 Å². The van der Waals surface area contributed by atoms with Crippen LogP contribution in [-0.4, -0.2) is 25.7 Å². The molecule has 0 N–H and O–H groups in total. The summed E-state index contributed by atoms with van der Waals surface area (Å²) in [6.07, 6.45) is 11.7. The smallest absolute Gasteiger partial charge is 0.0506 e. The van der Waals surface area contributed by atoms with Crippen LogP contribution in [-0.2, 0) is 6.42 Å². The topological polar surface area (TPSA) is 6.48 Å². The molecule has 2 heteroatoms. The molecule has 0 bridgehead atoms. The quantitative estimate of drug-likeness (QED) is 0.356. The molecule has 0 saturated heterocycles. The maximum atomic E-state index is 2.70. The molecule has 1 aliphatic heterocycles. The minimum Gasteiger partial charge on any atom is -0.369 e. The van der Waals surface area contributed by atoms with E-state index in [2.05, 4.69) is 78.2 Å². The Morgan fingerprint density at radius 2 is 1.48 bits per heavy atom. The molecular weight excluding hydrogens is 352 g/mol. The van der Waals surface area contributed by atoms with Gasteiger partial charge in [-0.15, -0.1) is 0 Å². The first kappa shape index (κ1) is 21.7. The van der Waals surface area contributed by atoms with Gasteiger partial charge in [-0.3, -0.25) is 0 Å². The van der Waals surface area contributed by atoms with Crippen molar-refractivity contribution in [3.63, 3.8) is 0 Å². The van der Waals surface area contributed by atoms with Crippen molar-refractivity contribution in [3.05, 3.63) is 60.2 Å². The van der Waals surface area contributed by atoms with E-state index in [0.29, 0.717) is 6.04 Å². The number of hydrogen-bond donors (Lipinski definition) is 0. The molecule has 0 saturated carbocycles. The van der Waals surface area contributed by atoms with Gasteiger partial charge >= 0.3 is 0 Å². The number of anilines is 2. The SMILES string of the molecule is CCCCCCN1CC(N(CCCCCC)c2ccccc2)Cc2ccccc21. The largest absolute Gasteiger partial charge is 0.369 e. The molecule has 0 radical (unpaired) electrons. The number of unbranched alkanes of at least 4 members (excludes halogenated alkanes) is 6. The zero-order valence-electron chi connectivity index (χ0n) is 18.7. The van der Waals surface area contributed by atoms with Crippen molar-refractivity contribution in [1.82, 2.24) is 0 Å². The van der Waals surface area contributed by atoms with Crippen molar-refractivity contribution >= 4 is 11.4 Å². The number of fused-ring (bicyclic) bond motifs is 1. The van der Waals surface area contributed by atoms with Crippen LogP contribution in [0.25, 0.3) is 0 Å². The van der Waals surface area contributed by atoms with Gasteiger partial charge in [0, 0.05) is 31.0 Å². The minimum absolute atomic E-state index is 0.556. The molecule has 0 aliphatic carbocycles. The first-order valence-corrected chi connectivity index (χ1v) is 12.0. The fourth-order valence-electron chi connectivity index (χ4n) is 4.66. The van der Waals surface area contributed by atoms with Gasteiger partial charge in [-0.1, -0.05) is 88.8 Å². The van der Waals surface area contributed by atoms with E-state index in [1.54, 1.807) is 0 Å². The number of nitrogens with zero attached hydrogens (tertiary/aromatic N) is 2. The Kier molecular flexibility index (Phi) is 8.92. The summed E-state index contributed by atoms with van der Waals surface area (Å²) in [5, 5.41) is 0. The zero-order chi connectivity index (χ0) is 20.3. The molecule has 1 atom stereocenters. The predicted molar refractivity (Wildman–Crippen MR) is 128 cm³/mol. The second-order valence-corrected chi connectivity index (χ2v) is 8.58. The third-order valence-corrected chi connectivity index (χ3v) is 6.28. The lowest BCUT2D eigenvalue weighted by atomic mass is 9.95. The van der Waals surface area contributed by atoms with Crippen molar-refractivity contribution < 1.29 is 0 Å². The number of rotatable bonds is 12. The highest BCUT2D eigenvalue weighted by molar-refractivity contribution is 5.58. The lowest BCUT2D eigenvalue weighted by Crippen LogP contribution is -2.49. The van der Waals surface area contributed by atoms with Gasteiger partial charge in [0.15, 0.2) is 0 Å². The molecule has 1 unspecified atom stereocenters. The van der Waals surface area contributed by atoms with Gasteiger partial charge in [0.25, 0.3) is 0 Å². The maximum Gasteiger partial charge on any atom is 0.0506 e. The summed E-state index contributed by atoms with van der Waals surface area (Å²) in [4.78, 5) is 5.37. The molecular formula is C27H40N2. The van der Waals surface area contributed by atoms with Gasteiger partial charge in [0.2, 0.25) is 0 Å². The Hall–Kier alpha value is -1.96. The average Bonchev–Trinajstić information content (AvgIpc) is 2.77. The van der Waals surface area contributed by atoms with Crippen LogP contribution >= 0.6 is 0 Å². The second-order valence-electron chi connectivity index (χ2n) is 8.58. The highest BCUT2D eigenvalue weighted by Gasteiger charge is 2.28. The van der Waals surface area contributed by atoms with E-state index in [9.17, 15) is 0 Å². The van der Waals surface area contributed by atoms with E-state index in [1.165, 1.54) is 81.4 Å². The zero-order valence-corrected chi connectivity index (χ0v) is 18.7.